The molecule has 3 rings (SSSR count). The molecule has 0 N–H and O–H groups in total. The highest BCUT2D eigenvalue weighted by Gasteiger charge is 2.35. The minimum Gasteiger partial charge on any atom is -0.286 e. The van der Waals surface area contributed by atoms with Crippen LogP contribution in [0.1, 0.15) is 24.1 Å². The number of amides is 1. The van der Waals surface area contributed by atoms with Crippen LogP contribution < -0.4 is 0 Å². The van der Waals surface area contributed by atoms with Crippen molar-refractivity contribution in [2.24, 2.45) is 0 Å². The van der Waals surface area contributed by atoms with Crippen LogP contribution in [0.2, 0.25) is 0 Å². The summed E-state index contributed by atoms with van der Waals surface area (Å²) in [7, 11) is 0. The first-order chi connectivity index (χ1) is 10.7. The molecule has 1 aliphatic heterocycles. The lowest BCUT2D eigenvalue weighted by atomic mass is 10.1. The summed E-state index contributed by atoms with van der Waals surface area (Å²) in [5.74, 6) is -0.0461. The van der Waals surface area contributed by atoms with Gasteiger partial charge in [-0.3, -0.25) is 14.7 Å². The van der Waals surface area contributed by atoms with Crippen LogP contribution in [0.3, 0.4) is 0 Å². The van der Waals surface area contributed by atoms with Gasteiger partial charge < -0.3 is 0 Å². The third kappa shape index (κ3) is 2.96. The largest absolute Gasteiger partial charge is 0.286 e. The maximum atomic E-state index is 12.7. The number of pyridine rings is 1. The van der Waals surface area contributed by atoms with Crippen molar-refractivity contribution in [1.29, 1.82) is 0 Å². The van der Waals surface area contributed by atoms with Crippen LogP contribution >= 0.6 is 24.0 Å². The predicted molar refractivity (Wildman–Crippen MR) is 94.1 cm³/mol. The number of thiocarbonyl (C=S) groups is 1. The molecule has 1 aromatic carbocycles. The summed E-state index contributed by atoms with van der Waals surface area (Å²) < 4.78 is 0.594. The van der Waals surface area contributed by atoms with Crippen molar-refractivity contribution in [3.8, 4) is 0 Å². The molecule has 1 saturated heterocycles. The molecule has 3 nitrogen and oxygen atoms in total. The molecule has 2 aromatic rings. The van der Waals surface area contributed by atoms with Crippen molar-refractivity contribution >= 4 is 40.3 Å². The van der Waals surface area contributed by atoms with E-state index in [1.807, 2.05) is 55.5 Å². The molecule has 1 aromatic heterocycles. The standard InChI is InChI=1S/C17H14N2OS2/c1-12(14-7-3-2-4-8-14)19-16(20)15(22-17(19)21)10-13-6-5-9-18-11-13/h2-12H,1H3/t12-/m0/s1. The van der Waals surface area contributed by atoms with E-state index in [9.17, 15) is 4.79 Å². The SMILES string of the molecule is C[C@@H](c1ccccc1)N1C(=O)C(=Cc2cccnc2)SC1=S. The normalized spacial score (nSPS) is 18.0. The van der Waals surface area contributed by atoms with Gasteiger partial charge in [-0.1, -0.05) is 60.4 Å². The second-order valence-electron chi connectivity index (χ2n) is 4.92. The number of carbonyl (C=O) groups excluding carboxylic acids is 1. The van der Waals surface area contributed by atoms with Gasteiger partial charge in [0.15, 0.2) is 0 Å². The molecule has 0 unspecified atom stereocenters. The first kappa shape index (κ1) is 14.9. The van der Waals surface area contributed by atoms with E-state index in [1.165, 1.54) is 11.8 Å². The number of rotatable bonds is 3. The van der Waals surface area contributed by atoms with Crippen molar-refractivity contribution < 1.29 is 4.79 Å². The summed E-state index contributed by atoms with van der Waals surface area (Å²) in [6.07, 6.45) is 5.28. The highest BCUT2D eigenvalue weighted by atomic mass is 32.2. The number of hydrogen-bond acceptors (Lipinski definition) is 4. The predicted octanol–water partition coefficient (Wildman–Crippen LogP) is 4.04. The van der Waals surface area contributed by atoms with E-state index in [-0.39, 0.29) is 11.9 Å². The second-order valence-corrected chi connectivity index (χ2v) is 6.60. The van der Waals surface area contributed by atoms with E-state index >= 15 is 0 Å². The summed E-state index contributed by atoms with van der Waals surface area (Å²) in [6, 6.07) is 13.6. The fourth-order valence-corrected chi connectivity index (χ4v) is 3.73. The molecule has 1 atom stereocenters. The number of aromatic nitrogens is 1. The maximum absolute atomic E-state index is 12.7. The van der Waals surface area contributed by atoms with E-state index < -0.39 is 0 Å². The number of benzene rings is 1. The van der Waals surface area contributed by atoms with Crippen LogP contribution in [0.4, 0.5) is 0 Å². The highest BCUT2D eigenvalue weighted by Crippen LogP contribution is 2.37. The van der Waals surface area contributed by atoms with E-state index in [2.05, 4.69) is 4.98 Å². The zero-order valence-electron chi connectivity index (χ0n) is 12.0. The van der Waals surface area contributed by atoms with Crippen molar-refractivity contribution in [3.63, 3.8) is 0 Å². The van der Waals surface area contributed by atoms with Crippen LogP contribution in [0, 0.1) is 0 Å². The molecule has 0 bridgehead atoms. The zero-order chi connectivity index (χ0) is 15.5. The molecule has 1 fully saturated rings. The molecule has 0 saturated carbocycles. The Balaban J connectivity index is 1.88. The third-order valence-electron chi connectivity index (χ3n) is 3.47. The summed E-state index contributed by atoms with van der Waals surface area (Å²) in [5.41, 5.74) is 1.97. The monoisotopic (exact) mass is 326 g/mol. The van der Waals surface area contributed by atoms with E-state index in [4.69, 9.17) is 12.2 Å². The van der Waals surface area contributed by atoms with Gasteiger partial charge in [-0.05, 0) is 30.2 Å². The number of carbonyl (C=O) groups is 1. The molecule has 0 aliphatic carbocycles. The molecule has 0 radical (unpaired) electrons. The minimum atomic E-state index is -0.0755. The molecule has 2 heterocycles. The molecular formula is C17H14N2OS2. The smallest absolute Gasteiger partial charge is 0.266 e. The number of nitrogens with zero attached hydrogens (tertiary/aromatic N) is 2. The van der Waals surface area contributed by atoms with E-state index in [0.29, 0.717) is 9.23 Å². The van der Waals surface area contributed by atoms with Gasteiger partial charge >= 0.3 is 0 Å². The molecule has 22 heavy (non-hydrogen) atoms. The van der Waals surface area contributed by atoms with Gasteiger partial charge in [0, 0.05) is 12.4 Å². The highest BCUT2D eigenvalue weighted by molar-refractivity contribution is 8.26. The number of hydrogen-bond donors (Lipinski definition) is 0. The first-order valence-corrected chi connectivity index (χ1v) is 8.11. The Kier molecular flexibility index (Phi) is 4.36. The number of thioether (sulfide) groups is 1. The van der Waals surface area contributed by atoms with Crippen LogP contribution in [0.15, 0.2) is 59.8 Å². The van der Waals surface area contributed by atoms with Crippen LogP contribution in [0.5, 0.6) is 0 Å². The Morgan fingerprint density at radius 2 is 2.00 bits per heavy atom. The Morgan fingerprint density at radius 3 is 2.68 bits per heavy atom. The molecular weight excluding hydrogens is 312 g/mol. The summed E-state index contributed by atoms with van der Waals surface area (Å²) >= 11 is 6.74. The van der Waals surface area contributed by atoms with Crippen molar-refractivity contribution in [1.82, 2.24) is 9.88 Å². The van der Waals surface area contributed by atoms with E-state index in [1.54, 1.807) is 17.3 Å². The Hall–Kier alpha value is -1.98. The van der Waals surface area contributed by atoms with Crippen molar-refractivity contribution in [2.75, 3.05) is 0 Å². The molecule has 5 heteroatoms. The van der Waals surface area contributed by atoms with Gasteiger partial charge in [-0.15, -0.1) is 0 Å². The van der Waals surface area contributed by atoms with Gasteiger partial charge in [0.2, 0.25) is 0 Å². The van der Waals surface area contributed by atoms with Crippen molar-refractivity contribution in [2.45, 2.75) is 13.0 Å². The second kappa shape index (κ2) is 6.42. The quantitative estimate of drug-likeness (QED) is 0.629. The van der Waals surface area contributed by atoms with Crippen molar-refractivity contribution in [3.05, 3.63) is 70.9 Å². The summed E-state index contributed by atoms with van der Waals surface area (Å²) in [4.78, 5) is 19.0. The molecule has 0 spiro atoms. The Morgan fingerprint density at radius 1 is 1.23 bits per heavy atom. The topological polar surface area (TPSA) is 33.2 Å². The van der Waals surface area contributed by atoms with Gasteiger partial charge in [0.25, 0.3) is 5.91 Å². The Bertz CT molecular complexity index is 729. The Labute approximate surface area is 139 Å². The summed E-state index contributed by atoms with van der Waals surface area (Å²) in [6.45, 7) is 1.99. The molecule has 110 valence electrons. The van der Waals surface area contributed by atoms with Gasteiger partial charge in [0.05, 0.1) is 10.9 Å². The van der Waals surface area contributed by atoms with Gasteiger partial charge in [0.1, 0.15) is 4.32 Å². The summed E-state index contributed by atoms with van der Waals surface area (Å²) in [5, 5.41) is 0. The third-order valence-corrected chi connectivity index (χ3v) is 4.81. The molecule has 1 aliphatic rings. The lowest BCUT2D eigenvalue weighted by Crippen LogP contribution is -2.30. The average Bonchev–Trinajstić information content (AvgIpc) is 2.82. The fraction of sp³-hybridized carbons (Fsp3) is 0.118. The van der Waals surface area contributed by atoms with Crippen LogP contribution in [-0.2, 0) is 4.79 Å². The fourth-order valence-electron chi connectivity index (χ4n) is 2.31. The van der Waals surface area contributed by atoms with E-state index in [0.717, 1.165) is 11.1 Å². The first-order valence-electron chi connectivity index (χ1n) is 6.89. The van der Waals surface area contributed by atoms with Gasteiger partial charge in [-0.25, -0.2) is 0 Å². The van der Waals surface area contributed by atoms with Gasteiger partial charge in [-0.2, -0.15) is 0 Å². The minimum absolute atomic E-state index is 0.0461. The lowest BCUT2D eigenvalue weighted by molar-refractivity contribution is -0.123. The lowest BCUT2D eigenvalue weighted by Gasteiger charge is -2.23. The average molecular weight is 326 g/mol. The van der Waals surface area contributed by atoms with Crippen LogP contribution in [0.25, 0.3) is 6.08 Å². The molecule has 1 amide bonds. The zero-order valence-corrected chi connectivity index (χ0v) is 13.6. The maximum Gasteiger partial charge on any atom is 0.266 e. The van der Waals surface area contributed by atoms with Crippen LogP contribution in [-0.4, -0.2) is 20.1 Å².